The van der Waals surface area contributed by atoms with Gasteiger partial charge in [0, 0.05) is 31.4 Å². The largest absolute Gasteiger partial charge is 0.467 e. The van der Waals surface area contributed by atoms with Gasteiger partial charge in [-0.25, -0.2) is 9.18 Å². The van der Waals surface area contributed by atoms with Crippen LogP contribution in [0.2, 0.25) is 0 Å². The van der Waals surface area contributed by atoms with Crippen molar-refractivity contribution in [2.75, 3.05) is 13.7 Å². The van der Waals surface area contributed by atoms with Crippen molar-refractivity contribution in [3.63, 3.8) is 0 Å². The number of benzene rings is 1. The van der Waals surface area contributed by atoms with Crippen LogP contribution in [0.1, 0.15) is 27.4 Å². The number of carbonyl (C=O) groups is 1. The number of hydrogen-bond acceptors (Lipinski definition) is 5. The van der Waals surface area contributed by atoms with Crippen LogP contribution in [0.5, 0.6) is 0 Å². The van der Waals surface area contributed by atoms with Crippen LogP contribution in [0.4, 0.5) is 4.39 Å². The maximum absolute atomic E-state index is 13.2. The number of aromatic nitrogens is 1. The lowest BCUT2D eigenvalue weighted by atomic mass is 10.1. The number of carbonyl (C=O) groups excluding carboxylic acids is 1. The minimum absolute atomic E-state index is 0.266. The van der Waals surface area contributed by atoms with Crippen molar-refractivity contribution in [1.82, 2.24) is 9.88 Å². The van der Waals surface area contributed by atoms with E-state index in [1.54, 1.807) is 24.4 Å². The van der Waals surface area contributed by atoms with Crippen LogP contribution in [0, 0.1) is 5.82 Å². The number of esters is 1. The zero-order valence-corrected chi connectivity index (χ0v) is 15.1. The SMILES string of the molecule is COC(=O)c1ccoc1CN(CCc1ccccn1)Cc1ccc(F)cc1. The highest BCUT2D eigenvalue weighted by atomic mass is 19.1. The number of pyridine rings is 1. The summed E-state index contributed by atoms with van der Waals surface area (Å²) in [6.07, 6.45) is 3.99. The van der Waals surface area contributed by atoms with Crippen LogP contribution in [-0.2, 0) is 24.2 Å². The molecule has 2 heterocycles. The molecule has 0 amide bonds. The van der Waals surface area contributed by atoms with Crippen molar-refractivity contribution in [3.8, 4) is 0 Å². The van der Waals surface area contributed by atoms with Gasteiger partial charge in [0.25, 0.3) is 0 Å². The molecule has 140 valence electrons. The van der Waals surface area contributed by atoms with Gasteiger partial charge in [-0.1, -0.05) is 18.2 Å². The first-order valence-electron chi connectivity index (χ1n) is 8.67. The molecule has 0 fully saturated rings. The predicted molar refractivity (Wildman–Crippen MR) is 98.5 cm³/mol. The second-order valence-corrected chi connectivity index (χ2v) is 6.16. The Bertz CT molecular complexity index is 863. The standard InChI is InChI=1S/C21H21FN2O3/c1-26-21(25)19-10-13-27-20(19)15-24(12-9-18-4-2-3-11-23-18)14-16-5-7-17(22)8-6-16/h2-8,10-11,13H,9,12,14-15H2,1H3. The van der Waals surface area contributed by atoms with Crippen molar-refractivity contribution >= 4 is 5.97 Å². The van der Waals surface area contributed by atoms with E-state index < -0.39 is 5.97 Å². The Morgan fingerprint density at radius 1 is 1.15 bits per heavy atom. The van der Waals surface area contributed by atoms with Gasteiger partial charge in [-0.2, -0.15) is 0 Å². The molecule has 0 aliphatic carbocycles. The van der Waals surface area contributed by atoms with E-state index in [1.165, 1.54) is 25.5 Å². The lowest BCUT2D eigenvalue weighted by Gasteiger charge is -2.21. The van der Waals surface area contributed by atoms with E-state index >= 15 is 0 Å². The first kappa shape index (κ1) is 18.8. The molecule has 3 aromatic rings. The van der Waals surface area contributed by atoms with Crippen LogP contribution in [0.15, 0.2) is 65.4 Å². The quantitative estimate of drug-likeness (QED) is 0.566. The molecule has 2 aromatic heterocycles. The maximum Gasteiger partial charge on any atom is 0.341 e. The van der Waals surface area contributed by atoms with E-state index in [4.69, 9.17) is 9.15 Å². The van der Waals surface area contributed by atoms with Crippen LogP contribution >= 0.6 is 0 Å². The predicted octanol–water partition coefficient (Wildman–Crippen LogP) is 3.85. The van der Waals surface area contributed by atoms with Gasteiger partial charge in [-0.15, -0.1) is 0 Å². The third kappa shape index (κ3) is 5.24. The summed E-state index contributed by atoms with van der Waals surface area (Å²) in [6, 6.07) is 13.8. The summed E-state index contributed by atoms with van der Waals surface area (Å²) in [6.45, 7) is 1.73. The van der Waals surface area contributed by atoms with Crippen molar-refractivity contribution in [1.29, 1.82) is 0 Å². The van der Waals surface area contributed by atoms with Crippen molar-refractivity contribution in [2.45, 2.75) is 19.5 Å². The highest BCUT2D eigenvalue weighted by Gasteiger charge is 2.18. The first-order chi connectivity index (χ1) is 13.2. The fraction of sp³-hybridized carbons (Fsp3) is 0.238. The zero-order chi connectivity index (χ0) is 19.1. The topological polar surface area (TPSA) is 55.6 Å². The third-order valence-electron chi connectivity index (χ3n) is 4.25. The average molecular weight is 368 g/mol. The lowest BCUT2D eigenvalue weighted by molar-refractivity contribution is 0.0596. The maximum atomic E-state index is 13.2. The Morgan fingerprint density at radius 2 is 1.96 bits per heavy atom. The summed E-state index contributed by atoms with van der Waals surface area (Å²) < 4.78 is 23.5. The molecule has 5 nitrogen and oxygen atoms in total. The Labute approximate surface area is 157 Å². The monoisotopic (exact) mass is 368 g/mol. The second kappa shape index (κ2) is 9.09. The molecular formula is C21H21FN2O3. The highest BCUT2D eigenvalue weighted by molar-refractivity contribution is 5.90. The summed E-state index contributed by atoms with van der Waals surface area (Å²) >= 11 is 0. The van der Waals surface area contributed by atoms with E-state index in [2.05, 4.69) is 9.88 Å². The number of ether oxygens (including phenoxy) is 1. The molecule has 0 saturated heterocycles. The molecule has 0 radical (unpaired) electrons. The molecule has 0 N–H and O–H groups in total. The van der Waals surface area contributed by atoms with Crippen molar-refractivity contribution in [2.24, 2.45) is 0 Å². The number of furan rings is 1. The molecule has 0 unspecified atom stereocenters. The normalized spacial score (nSPS) is 10.9. The number of rotatable bonds is 8. The summed E-state index contributed by atoms with van der Waals surface area (Å²) in [7, 11) is 1.34. The Hall–Kier alpha value is -2.99. The molecular weight excluding hydrogens is 347 g/mol. The van der Waals surface area contributed by atoms with E-state index in [9.17, 15) is 9.18 Å². The summed E-state index contributed by atoms with van der Waals surface area (Å²) in [5.74, 6) is -0.145. The van der Waals surface area contributed by atoms with Crippen molar-refractivity contribution < 1.29 is 18.3 Å². The van der Waals surface area contributed by atoms with E-state index in [1.807, 2.05) is 18.2 Å². The van der Waals surface area contributed by atoms with Gasteiger partial charge >= 0.3 is 5.97 Å². The number of nitrogens with zero attached hydrogens (tertiary/aromatic N) is 2. The molecule has 27 heavy (non-hydrogen) atoms. The molecule has 0 bridgehead atoms. The minimum atomic E-state index is -0.426. The fourth-order valence-electron chi connectivity index (χ4n) is 2.84. The van der Waals surface area contributed by atoms with Crippen molar-refractivity contribution in [3.05, 3.63) is 89.4 Å². The molecule has 1 aromatic carbocycles. The van der Waals surface area contributed by atoms with Crippen LogP contribution in [0.25, 0.3) is 0 Å². The molecule has 0 atom stereocenters. The van der Waals surface area contributed by atoms with Gasteiger partial charge in [0.05, 0.1) is 19.9 Å². The Kier molecular flexibility index (Phi) is 6.33. The molecule has 0 saturated carbocycles. The smallest absolute Gasteiger partial charge is 0.341 e. The van der Waals surface area contributed by atoms with E-state index in [0.717, 1.165) is 17.7 Å². The third-order valence-corrected chi connectivity index (χ3v) is 4.25. The second-order valence-electron chi connectivity index (χ2n) is 6.16. The van der Waals surface area contributed by atoms with Gasteiger partial charge in [0.1, 0.15) is 17.1 Å². The van der Waals surface area contributed by atoms with E-state index in [0.29, 0.717) is 31.0 Å². The summed E-state index contributed by atoms with van der Waals surface area (Å²) in [5, 5.41) is 0. The Balaban J connectivity index is 1.75. The summed E-state index contributed by atoms with van der Waals surface area (Å²) in [4.78, 5) is 18.4. The van der Waals surface area contributed by atoms with Crippen LogP contribution < -0.4 is 0 Å². The molecule has 6 heteroatoms. The highest BCUT2D eigenvalue weighted by Crippen LogP contribution is 2.17. The van der Waals surface area contributed by atoms with E-state index in [-0.39, 0.29) is 5.82 Å². The molecule has 0 aliphatic rings. The lowest BCUT2D eigenvalue weighted by Crippen LogP contribution is -2.26. The first-order valence-corrected chi connectivity index (χ1v) is 8.67. The average Bonchev–Trinajstić information content (AvgIpc) is 3.16. The van der Waals surface area contributed by atoms with Gasteiger partial charge in [-0.05, 0) is 35.9 Å². The molecule has 0 spiro atoms. The van der Waals surface area contributed by atoms with Crippen LogP contribution in [-0.4, -0.2) is 29.5 Å². The fourth-order valence-corrected chi connectivity index (χ4v) is 2.84. The van der Waals surface area contributed by atoms with Crippen LogP contribution in [0.3, 0.4) is 0 Å². The minimum Gasteiger partial charge on any atom is -0.467 e. The number of hydrogen-bond donors (Lipinski definition) is 0. The molecule has 0 aliphatic heterocycles. The van der Waals surface area contributed by atoms with Gasteiger partial charge in [0.2, 0.25) is 0 Å². The Morgan fingerprint density at radius 3 is 2.67 bits per heavy atom. The summed E-state index contributed by atoms with van der Waals surface area (Å²) in [5.41, 5.74) is 2.37. The molecule has 3 rings (SSSR count). The number of methoxy groups -OCH3 is 1. The zero-order valence-electron chi connectivity index (χ0n) is 15.1. The van der Waals surface area contributed by atoms with Gasteiger partial charge in [0.15, 0.2) is 0 Å². The van der Waals surface area contributed by atoms with Gasteiger partial charge in [-0.3, -0.25) is 9.88 Å². The van der Waals surface area contributed by atoms with Gasteiger partial charge < -0.3 is 9.15 Å². The number of halogens is 1.